The molecule has 4 aliphatic rings. The molecule has 426 valence electrons. The second-order valence-corrected chi connectivity index (χ2v) is 23.5. The predicted molar refractivity (Wildman–Crippen MR) is 284 cm³/mol. The Morgan fingerprint density at radius 1 is 0.855 bits per heavy atom. The topological polar surface area (TPSA) is 229 Å². The summed E-state index contributed by atoms with van der Waals surface area (Å²) in [5, 5.41) is 25.1. The van der Waals surface area contributed by atoms with Crippen molar-refractivity contribution in [2.45, 2.75) is 185 Å². The molecule has 19 nitrogen and oxygen atoms in total. The van der Waals surface area contributed by atoms with Gasteiger partial charge in [-0.1, -0.05) is 20.8 Å². The van der Waals surface area contributed by atoms with E-state index in [0.717, 1.165) is 0 Å². The van der Waals surface area contributed by atoms with Gasteiger partial charge in [0, 0.05) is 79.6 Å². The maximum Gasteiger partial charge on any atom is 0.320 e. The van der Waals surface area contributed by atoms with Crippen molar-refractivity contribution < 1.29 is 76.8 Å². The lowest BCUT2D eigenvalue weighted by Gasteiger charge is -2.50. The molecule has 5 heterocycles. The summed E-state index contributed by atoms with van der Waals surface area (Å²) in [5.41, 5.74) is -2.28. The average molecular weight is 1090 g/mol. The Balaban J connectivity index is 1.36. The number of cyclic esters (lactones) is 1. The summed E-state index contributed by atoms with van der Waals surface area (Å²) in [6.07, 6.45) is -3.58. The zero-order valence-electron chi connectivity index (χ0n) is 47.4. The molecular formula is C56H85N3O16S. The first-order valence-electron chi connectivity index (χ1n) is 26.6. The molecule has 76 heavy (non-hydrogen) atoms. The van der Waals surface area contributed by atoms with Gasteiger partial charge in [0.15, 0.2) is 29.7 Å². The van der Waals surface area contributed by atoms with Crippen LogP contribution >= 0.6 is 11.8 Å². The Hall–Kier alpha value is -3.96. The third kappa shape index (κ3) is 12.9. The number of aliphatic hydroxyl groups excluding tert-OH is 2. The fraction of sp³-hybridized carbons (Fsp3) is 0.732. The second kappa shape index (κ2) is 25.4. The number of benzene rings is 1. The number of thioether (sulfide) groups is 1. The molecule has 2 aromatic rings. The van der Waals surface area contributed by atoms with Crippen molar-refractivity contribution in [3.63, 3.8) is 0 Å². The number of nitrogens with zero attached hydrogens (tertiary/aromatic N) is 2. The van der Waals surface area contributed by atoms with E-state index in [-0.39, 0.29) is 36.7 Å². The van der Waals surface area contributed by atoms with Crippen LogP contribution in [0.15, 0.2) is 36.7 Å². The number of amides is 1. The Morgan fingerprint density at radius 2 is 1.53 bits per heavy atom. The summed E-state index contributed by atoms with van der Waals surface area (Å²) in [6.45, 7) is 17.8. The summed E-state index contributed by atoms with van der Waals surface area (Å²) in [5.74, 6) is -4.56. The van der Waals surface area contributed by atoms with Crippen LogP contribution in [0.3, 0.4) is 0 Å². The highest BCUT2D eigenvalue weighted by Crippen LogP contribution is 2.49. The predicted octanol–water partition coefficient (Wildman–Crippen LogP) is 6.27. The number of esters is 2. The standard InChI is InChI=1S/C56H85N3O16S/c1-29-27-55(9,69-16)49(74-53-44(61)39(59(11)12)26-30(2)70-53)32(4)45(73-41-28-54(8,68-15)48(62)34(6)71-41)33(5)51(64)72-35(7)56(10)42(31(3)43(29)60)47(52(65)75-56)76-25-17-18-37-38(19-20-40(66-13)46(37)67-14)50(63)58-36-21-23-57-24-22-36/h19-24,29-35,39,41-42,44-45,47-49,53,61-62H,17-18,25-28H2,1-16H3,(H,57,58,63)/t29-,30-,31-,32+,33-,34+,35-,39+,41+,42+,44-,45+,47+,48+,49-,53+,54-,55-,56-/m1/s1. The van der Waals surface area contributed by atoms with E-state index >= 15 is 4.79 Å². The number of nitrogens with one attached hydrogen (secondary N) is 1. The fourth-order valence-electron chi connectivity index (χ4n) is 12.1. The minimum Gasteiger partial charge on any atom is -0.493 e. The normalized spacial score (nSPS) is 38.6. The summed E-state index contributed by atoms with van der Waals surface area (Å²) in [4.78, 5) is 64.3. The number of rotatable bonds is 16. The van der Waals surface area contributed by atoms with Crippen molar-refractivity contribution in [1.29, 1.82) is 0 Å². The number of methoxy groups -OCH3 is 4. The SMILES string of the molecule is COc1ccc(C(=O)Nc2ccncc2)c(CCCS[C@@H]2C(=O)O[C@@]3(C)[C@H]2[C@@H](C)C(=O)[C@H](C)C[C@@](C)(OC)[C@H](O[C@@H]2O[C@H](C)C[C@H](N(C)C)[C@H]2O)[C@@H](C)[C@H](O[C@H]2C[C@@](C)(OC)[C@@H](O)[C@H](C)O2)[C@@H](C)C(=O)O[C@@H]3C)c1OC. The van der Waals surface area contributed by atoms with Crippen LogP contribution in [0.5, 0.6) is 11.5 Å². The lowest BCUT2D eigenvalue weighted by atomic mass is 9.70. The van der Waals surface area contributed by atoms with Crippen LogP contribution in [-0.2, 0) is 58.7 Å². The molecule has 3 N–H and O–H groups in total. The van der Waals surface area contributed by atoms with Gasteiger partial charge in [-0.3, -0.25) is 24.2 Å². The van der Waals surface area contributed by atoms with Crippen molar-refractivity contribution in [2.75, 3.05) is 53.6 Å². The molecule has 4 saturated heterocycles. The number of ether oxygens (including phenoxy) is 10. The summed E-state index contributed by atoms with van der Waals surface area (Å²) in [7, 11) is 9.85. The largest absolute Gasteiger partial charge is 0.493 e. The Labute approximate surface area is 453 Å². The number of anilines is 1. The molecule has 0 aliphatic carbocycles. The van der Waals surface area contributed by atoms with Crippen LogP contribution in [0.2, 0.25) is 0 Å². The fourth-order valence-corrected chi connectivity index (χ4v) is 13.5. The molecule has 0 bridgehead atoms. The Morgan fingerprint density at radius 3 is 2.14 bits per heavy atom. The Kier molecular flexibility index (Phi) is 20.5. The highest BCUT2D eigenvalue weighted by Gasteiger charge is 2.61. The van der Waals surface area contributed by atoms with E-state index in [2.05, 4.69) is 10.3 Å². The number of carbonyl (C=O) groups excluding carboxylic acids is 4. The van der Waals surface area contributed by atoms with Gasteiger partial charge in [-0.2, -0.15) is 0 Å². The first-order chi connectivity index (χ1) is 35.8. The molecule has 19 atom stereocenters. The zero-order chi connectivity index (χ0) is 56.2. The highest BCUT2D eigenvalue weighted by atomic mass is 32.2. The highest BCUT2D eigenvalue weighted by molar-refractivity contribution is 8.00. The van der Waals surface area contributed by atoms with Gasteiger partial charge < -0.3 is 67.8 Å². The molecular weight excluding hydrogens is 1000 g/mol. The number of carbonyl (C=O) groups is 4. The quantitative estimate of drug-likeness (QED) is 0.124. The van der Waals surface area contributed by atoms with Gasteiger partial charge in [0.2, 0.25) is 0 Å². The number of hydrogen-bond donors (Lipinski definition) is 3. The van der Waals surface area contributed by atoms with Gasteiger partial charge in [0.1, 0.15) is 29.3 Å². The van der Waals surface area contributed by atoms with Gasteiger partial charge in [-0.15, -0.1) is 11.8 Å². The number of fused-ring (bicyclic) bond motifs is 1. The van der Waals surface area contributed by atoms with Crippen LogP contribution in [0.1, 0.15) is 111 Å². The van der Waals surface area contributed by atoms with Gasteiger partial charge in [0.05, 0.1) is 55.8 Å². The van der Waals surface area contributed by atoms with Crippen LogP contribution in [0.25, 0.3) is 0 Å². The van der Waals surface area contributed by atoms with Crippen LogP contribution in [-0.4, -0.2) is 175 Å². The van der Waals surface area contributed by atoms with E-state index in [9.17, 15) is 24.6 Å². The van der Waals surface area contributed by atoms with Gasteiger partial charge >= 0.3 is 11.9 Å². The van der Waals surface area contributed by atoms with E-state index in [1.54, 1.807) is 78.2 Å². The minimum atomic E-state index is -1.47. The molecule has 1 aromatic carbocycles. The monoisotopic (exact) mass is 1090 g/mol. The molecule has 6 rings (SSSR count). The van der Waals surface area contributed by atoms with E-state index in [0.29, 0.717) is 53.3 Å². The first kappa shape index (κ1) is 61.3. The number of Topliss-reactive ketones (excluding diaryl/α,β-unsaturated/α-hetero) is 1. The first-order valence-corrected chi connectivity index (χ1v) is 27.6. The van der Waals surface area contributed by atoms with Crippen molar-refractivity contribution in [1.82, 2.24) is 9.88 Å². The Bertz CT molecular complexity index is 2310. The van der Waals surface area contributed by atoms with Crippen LogP contribution < -0.4 is 14.8 Å². The number of ketones is 1. The van der Waals surface area contributed by atoms with Crippen molar-refractivity contribution in [2.24, 2.45) is 29.6 Å². The van der Waals surface area contributed by atoms with E-state index < -0.39 is 113 Å². The molecule has 1 aromatic heterocycles. The van der Waals surface area contributed by atoms with Gasteiger partial charge in [-0.05, 0) is 118 Å². The van der Waals surface area contributed by atoms with Crippen molar-refractivity contribution in [3.05, 3.63) is 47.8 Å². The maximum absolute atomic E-state index is 15.2. The average Bonchev–Trinajstić information content (AvgIpc) is 3.66. The van der Waals surface area contributed by atoms with E-state index in [1.165, 1.54) is 40.2 Å². The van der Waals surface area contributed by atoms with Crippen molar-refractivity contribution in [3.8, 4) is 11.5 Å². The molecule has 0 spiro atoms. The summed E-state index contributed by atoms with van der Waals surface area (Å²) < 4.78 is 63.1. The molecule has 0 unspecified atom stereocenters. The molecule has 4 fully saturated rings. The molecule has 0 radical (unpaired) electrons. The summed E-state index contributed by atoms with van der Waals surface area (Å²) >= 11 is 1.35. The molecule has 1 amide bonds. The number of hydrogen-bond acceptors (Lipinski definition) is 19. The lowest BCUT2D eigenvalue weighted by molar-refractivity contribution is -0.319. The van der Waals surface area contributed by atoms with Crippen LogP contribution in [0, 0.1) is 29.6 Å². The third-order valence-corrected chi connectivity index (χ3v) is 18.2. The smallest absolute Gasteiger partial charge is 0.320 e. The van der Waals surface area contributed by atoms with Gasteiger partial charge in [-0.25, -0.2) is 0 Å². The van der Waals surface area contributed by atoms with Crippen LogP contribution in [0.4, 0.5) is 5.69 Å². The zero-order valence-corrected chi connectivity index (χ0v) is 48.2. The maximum atomic E-state index is 15.2. The minimum absolute atomic E-state index is 0.101. The van der Waals surface area contributed by atoms with Crippen molar-refractivity contribution >= 4 is 41.1 Å². The van der Waals surface area contributed by atoms with Gasteiger partial charge in [0.25, 0.3) is 5.91 Å². The van der Waals surface area contributed by atoms with E-state index in [1.807, 2.05) is 46.7 Å². The third-order valence-electron chi connectivity index (χ3n) is 16.8. The lowest BCUT2D eigenvalue weighted by Crippen LogP contribution is -2.61. The number of pyridine rings is 1. The molecule has 0 saturated carbocycles. The second-order valence-electron chi connectivity index (χ2n) is 22.2. The summed E-state index contributed by atoms with van der Waals surface area (Å²) in [6, 6.07) is 6.42. The number of aromatic nitrogens is 1. The van der Waals surface area contributed by atoms with E-state index in [4.69, 9.17) is 47.4 Å². The molecule has 20 heteroatoms. The molecule has 4 aliphatic heterocycles. The number of likely N-dealkylation sites (N-methyl/N-ethyl adjacent to an activating group) is 1. The number of aliphatic hydroxyl groups is 2.